The molecule has 1 atom stereocenters. The van der Waals surface area contributed by atoms with Crippen molar-refractivity contribution in [2.24, 2.45) is 5.92 Å². The maximum atomic E-state index is 12.2. The van der Waals surface area contributed by atoms with Crippen LogP contribution in [0.4, 0.5) is 0 Å². The summed E-state index contributed by atoms with van der Waals surface area (Å²) in [5, 5.41) is 7.43. The summed E-state index contributed by atoms with van der Waals surface area (Å²) >= 11 is 0. The first kappa shape index (κ1) is 19.7. The average molecular weight is 356 g/mol. The monoisotopic (exact) mass is 355 g/mol. The van der Waals surface area contributed by atoms with Crippen molar-refractivity contribution in [3.8, 4) is 0 Å². The molecule has 1 aromatic heterocycles. The topological polar surface area (TPSA) is 54.0 Å². The summed E-state index contributed by atoms with van der Waals surface area (Å²) in [6, 6.07) is 9.51. The molecule has 0 radical (unpaired) electrons. The van der Waals surface area contributed by atoms with Gasteiger partial charge in [-0.25, -0.2) is 0 Å². The van der Waals surface area contributed by atoms with Gasteiger partial charge in [0.2, 0.25) is 0 Å². The minimum Gasteiger partial charge on any atom is -0.352 e. The van der Waals surface area contributed by atoms with Gasteiger partial charge in [0.15, 0.2) is 0 Å². The predicted molar refractivity (Wildman–Crippen MR) is 98.8 cm³/mol. The van der Waals surface area contributed by atoms with Gasteiger partial charge in [-0.05, 0) is 62.5 Å². The van der Waals surface area contributed by atoms with E-state index in [2.05, 4.69) is 15.6 Å². The summed E-state index contributed by atoms with van der Waals surface area (Å²) in [6.45, 7) is 2.96. The smallest absolute Gasteiger partial charge is 0.251 e. The predicted octanol–water partition coefficient (Wildman–Crippen LogP) is 3.20. The third kappa shape index (κ3) is 5.34. The molecule has 1 unspecified atom stereocenters. The lowest BCUT2D eigenvalue weighted by Gasteiger charge is -2.22. The van der Waals surface area contributed by atoms with Crippen molar-refractivity contribution in [3.05, 3.63) is 42.1 Å². The number of benzene rings is 1. The molecular weight excluding hydrogens is 333 g/mol. The largest absolute Gasteiger partial charge is 0.352 e. The zero-order valence-electron chi connectivity index (χ0n) is 13.0. The zero-order chi connectivity index (χ0) is 14.5. The van der Waals surface area contributed by atoms with Crippen molar-refractivity contribution in [2.45, 2.75) is 19.3 Å². The first-order chi connectivity index (χ1) is 10.3. The number of amides is 1. The Bertz CT molecular complexity index is 630. The molecule has 0 saturated carbocycles. The summed E-state index contributed by atoms with van der Waals surface area (Å²) in [7, 11) is 0. The fourth-order valence-corrected chi connectivity index (χ4v) is 2.88. The van der Waals surface area contributed by atoms with E-state index in [9.17, 15) is 4.79 Å². The molecule has 1 aromatic carbocycles. The van der Waals surface area contributed by atoms with Crippen LogP contribution in [0.25, 0.3) is 10.9 Å². The van der Waals surface area contributed by atoms with Gasteiger partial charge < -0.3 is 10.6 Å². The SMILES string of the molecule is Cl.Cl.O=C(NCCC1CCCNC1)c1ccc2ncccc2c1. The minimum absolute atomic E-state index is 0. The van der Waals surface area contributed by atoms with Crippen molar-refractivity contribution in [1.82, 2.24) is 15.6 Å². The summed E-state index contributed by atoms with van der Waals surface area (Å²) in [5.74, 6) is 0.698. The van der Waals surface area contributed by atoms with Crippen LogP contribution in [0.5, 0.6) is 0 Å². The number of nitrogens with one attached hydrogen (secondary N) is 2. The van der Waals surface area contributed by atoms with Gasteiger partial charge in [0.05, 0.1) is 5.52 Å². The number of hydrogen-bond acceptors (Lipinski definition) is 3. The Labute approximate surface area is 149 Å². The molecule has 2 aromatic rings. The van der Waals surface area contributed by atoms with Crippen LogP contribution in [0.3, 0.4) is 0 Å². The van der Waals surface area contributed by atoms with E-state index in [1.54, 1.807) is 6.20 Å². The van der Waals surface area contributed by atoms with Gasteiger partial charge in [0, 0.05) is 23.7 Å². The van der Waals surface area contributed by atoms with E-state index in [1.165, 1.54) is 12.8 Å². The molecule has 0 bridgehead atoms. The molecule has 23 heavy (non-hydrogen) atoms. The third-order valence-corrected chi connectivity index (χ3v) is 4.10. The number of halogens is 2. The first-order valence-corrected chi connectivity index (χ1v) is 7.66. The second-order valence-electron chi connectivity index (χ2n) is 5.67. The highest BCUT2D eigenvalue weighted by Crippen LogP contribution is 2.14. The number of pyridine rings is 1. The lowest BCUT2D eigenvalue weighted by atomic mass is 9.96. The lowest BCUT2D eigenvalue weighted by molar-refractivity contribution is 0.0951. The molecule has 4 nitrogen and oxygen atoms in total. The third-order valence-electron chi connectivity index (χ3n) is 4.10. The van der Waals surface area contributed by atoms with Gasteiger partial charge in [-0.15, -0.1) is 24.8 Å². The average Bonchev–Trinajstić information content (AvgIpc) is 2.55. The second kappa shape index (κ2) is 9.71. The Hall–Kier alpha value is -1.36. The molecule has 0 aliphatic carbocycles. The van der Waals surface area contributed by atoms with Crippen LogP contribution in [-0.2, 0) is 0 Å². The minimum atomic E-state index is 0. The Morgan fingerprint density at radius 2 is 2.17 bits per heavy atom. The molecule has 126 valence electrons. The van der Waals surface area contributed by atoms with Crippen LogP contribution < -0.4 is 10.6 Å². The van der Waals surface area contributed by atoms with E-state index in [0.29, 0.717) is 11.5 Å². The van der Waals surface area contributed by atoms with E-state index in [0.717, 1.165) is 37.0 Å². The highest BCUT2D eigenvalue weighted by atomic mass is 35.5. The fraction of sp³-hybridized carbons (Fsp3) is 0.412. The summed E-state index contributed by atoms with van der Waals surface area (Å²) in [6.07, 6.45) is 5.33. The number of aromatic nitrogens is 1. The Kier molecular flexibility index (Phi) is 8.31. The number of rotatable bonds is 4. The van der Waals surface area contributed by atoms with Crippen molar-refractivity contribution in [3.63, 3.8) is 0 Å². The summed E-state index contributed by atoms with van der Waals surface area (Å²) in [4.78, 5) is 16.4. The van der Waals surface area contributed by atoms with Crippen LogP contribution in [0.1, 0.15) is 29.6 Å². The number of nitrogens with zero attached hydrogens (tertiary/aromatic N) is 1. The van der Waals surface area contributed by atoms with Gasteiger partial charge in [-0.1, -0.05) is 6.07 Å². The summed E-state index contributed by atoms with van der Waals surface area (Å²) in [5.41, 5.74) is 1.62. The van der Waals surface area contributed by atoms with Gasteiger partial charge in [0.25, 0.3) is 5.91 Å². The second-order valence-corrected chi connectivity index (χ2v) is 5.67. The number of hydrogen-bond donors (Lipinski definition) is 2. The Balaban J connectivity index is 0.00000132. The van der Waals surface area contributed by atoms with E-state index < -0.39 is 0 Å². The summed E-state index contributed by atoms with van der Waals surface area (Å²) < 4.78 is 0. The van der Waals surface area contributed by atoms with E-state index in [-0.39, 0.29) is 30.7 Å². The van der Waals surface area contributed by atoms with Crippen LogP contribution >= 0.6 is 24.8 Å². The van der Waals surface area contributed by atoms with Crippen LogP contribution in [0, 0.1) is 5.92 Å². The molecule has 2 N–H and O–H groups in total. The Morgan fingerprint density at radius 1 is 1.30 bits per heavy atom. The number of piperidine rings is 1. The first-order valence-electron chi connectivity index (χ1n) is 7.66. The lowest BCUT2D eigenvalue weighted by Crippen LogP contribution is -2.33. The Morgan fingerprint density at radius 3 is 2.96 bits per heavy atom. The van der Waals surface area contributed by atoms with E-state index in [1.807, 2.05) is 30.3 Å². The van der Waals surface area contributed by atoms with Gasteiger partial charge in [-0.2, -0.15) is 0 Å². The highest BCUT2D eigenvalue weighted by Gasteiger charge is 2.13. The van der Waals surface area contributed by atoms with Gasteiger partial charge in [-0.3, -0.25) is 9.78 Å². The van der Waals surface area contributed by atoms with Crippen LogP contribution in [0.2, 0.25) is 0 Å². The van der Waals surface area contributed by atoms with Gasteiger partial charge in [0.1, 0.15) is 0 Å². The highest BCUT2D eigenvalue weighted by molar-refractivity contribution is 5.97. The maximum Gasteiger partial charge on any atom is 0.251 e. The number of carbonyl (C=O) groups is 1. The number of fused-ring (bicyclic) bond motifs is 1. The molecule has 6 heteroatoms. The molecule has 1 aliphatic heterocycles. The fourth-order valence-electron chi connectivity index (χ4n) is 2.88. The van der Waals surface area contributed by atoms with Crippen molar-refractivity contribution >= 4 is 41.6 Å². The van der Waals surface area contributed by atoms with Crippen LogP contribution in [-0.4, -0.2) is 30.5 Å². The van der Waals surface area contributed by atoms with Gasteiger partial charge >= 0.3 is 0 Å². The molecule has 2 heterocycles. The molecule has 3 rings (SSSR count). The van der Waals surface area contributed by atoms with E-state index >= 15 is 0 Å². The molecule has 1 fully saturated rings. The number of carbonyl (C=O) groups excluding carboxylic acids is 1. The van der Waals surface area contributed by atoms with E-state index in [4.69, 9.17) is 0 Å². The molecular formula is C17H23Cl2N3O. The maximum absolute atomic E-state index is 12.2. The quantitative estimate of drug-likeness (QED) is 0.885. The van der Waals surface area contributed by atoms with Crippen molar-refractivity contribution in [1.29, 1.82) is 0 Å². The van der Waals surface area contributed by atoms with Crippen molar-refractivity contribution in [2.75, 3.05) is 19.6 Å². The molecule has 1 amide bonds. The molecule has 1 aliphatic rings. The van der Waals surface area contributed by atoms with Crippen LogP contribution in [0.15, 0.2) is 36.5 Å². The molecule has 1 saturated heterocycles. The zero-order valence-corrected chi connectivity index (χ0v) is 14.6. The van der Waals surface area contributed by atoms with Crippen molar-refractivity contribution < 1.29 is 4.79 Å². The normalized spacial score (nSPS) is 17.0. The molecule has 0 spiro atoms. The standard InChI is InChI=1S/C17H21N3O.2ClH/c21-17(20-10-7-13-3-1-8-18-12-13)15-5-6-16-14(11-15)4-2-9-19-16;;/h2,4-6,9,11,13,18H,1,3,7-8,10,12H2,(H,20,21);2*1H.